The predicted molar refractivity (Wildman–Crippen MR) is 52.9 cm³/mol. The highest BCUT2D eigenvalue weighted by molar-refractivity contribution is 5.85. The topological polar surface area (TPSA) is 35.5 Å². The van der Waals surface area contributed by atoms with Gasteiger partial charge in [0.05, 0.1) is 0 Å². The zero-order chi connectivity index (χ0) is 7.94. The van der Waals surface area contributed by atoms with E-state index in [9.17, 15) is 0 Å². The Bertz CT molecular complexity index is 97.1. The highest BCUT2D eigenvalue weighted by Crippen LogP contribution is 1.96. The fraction of sp³-hybridized carbons (Fsp3) is 1.00. The van der Waals surface area contributed by atoms with E-state index in [0.717, 1.165) is 32.5 Å². The van der Waals surface area contributed by atoms with Gasteiger partial charge in [-0.15, -0.1) is 12.4 Å². The van der Waals surface area contributed by atoms with Gasteiger partial charge >= 0.3 is 0 Å². The molecule has 1 rings (SSSR count). The lowest BCUT2D eigenvalue weighted by Crippen LogP contribution is -2.43. The van der Waals surface area contributed by atoms with Crippen LogP contribution in [0.3, 0.4) is 0 Å². The molecule has 1 aliphatic rings. The fourth-order valence-electron chi connectivity index (χ4n) is 1.38. The standard InChI is InChI=1S/C8H18N2O.ClH/c11-8-2-1-5-10-6-3-9-4-7-10;/h9,11H,1-8H2;1H. The third kappa shape index (κ3) is 4.93. The first-order valence-corrected chi connectivity index (χ1v) is 4.47. The normalized spacial score (nSPS) is 18.8. The van der Waals surface area contributed by atoms with Gasteiger partial charge in [-0.05, 0) is 19.4 Å². The van der Waals surface area contributed by atoms with E-state index in [1.54, 1.807) is 0 Å². The van der Waals surface area contributed by atoms with Gasteiger partial charge in [0.1, 0.15) is 0 Å². The number of hydrogen-bond donors (Lipinski definition) is 2. The first-order valence-electron chi connectivity index (χ1n) is 4.47. The lowest BCUT2D eigenvalue weighted by atomic mass is 10.3. The number of aliphatic hydroxyl groups is 1. The summed E-state index contributed by atoms with van der Waals surface area (Å²) in [7, 11) is 0. The van der Waals surface area contributed by atoms with Gasteiger partial charge < -0.3 is 15.3 Å². The number of halogens is 1. The predicted octanol–water partition coefficient (Wildman–Crippen LogP) is 0.0859. The molecule has 1 fully saturated rings. The monoisotopic (exact) mass is 194 g/mol. The van der Waals surface area contributed by atoms with Crippen molar-refractivity contribution in [2.45, 2.75) is 12.8 Å². The van der Waals surface area contributed by atoms with Crippen LogP contribution in [-0.4, -0.2) is 49.3 Å². The SMILES string of the molecule is Cl.OCCCCN1CCNCC1. The first kappa shape index (κ1) is 12.2. The Labute approximate surface area is 80.5 Å². The molecular weight excluding hydrogens is 176 g/mol. The zero-order valence-corrected chi connectivity index (χ0v) is 8.28. The third-order valence-corrected chi connectivity index (χ3v) is 2.09. The van der Waals surface area contributed by atoms with Crippen LogP contribution < -0.4 is 5.32 Å². The van der Waals surface area contributed by atoms with Crippen LogP contribution >= 0.6 is 12.4 Å². The Kier molecular flexibility index (Phi) is 7.91. The van der Waals surface area contributed by atoms with Crippen LogP contribution in [0.25, 0.3) is 0 Å². The van der Waals surface area contributed by atoms with E-state index < -0.39 is 0 Å². The molecule has 0 bridgehead atoms. The van der Waals surface area contributed by atoms with Crippen molar-refractivity contribution in [3.8, 4) is 0 Å². The summed E-state index contributed by atoms with van der Waals surface area (Å²) in [5, 5.41) is 11.9. The highest BCUT2D eigenvalue weighted by Gasteiger charge is 2.07. The van der Waals surface area contributed by atoms with Crippen LogP contribution in [0.15, 0.2) is 0 Å². The number of nitrogens with zero attached hydrogens (tertiary/aromatic N) is 1. The minimum atomic E-state index is 0. The molecule has 1 aliphatic heterocycles. The molecule has 0 unspecified atom stereocenters. The molecule has 0 aromatic rings. The van der Waals surface area contributed by atoms with E-state index in [-0.39, 0.29) is 12.4 Å². The van der Waals surface area contributed by atoms with Crippen LogP contribution in [0.4, 0.5) is 0 Å². The van der Waals surface area contributed by atoms with Crippen molar-refractivity contribution in [3.63, 3.8) is 0 Å². The Morgan fingerprint density at radius 3 is 2.42 bits per heavy atom. The summed E-state index contributed by atoms with van der Waals surface area (Å²) in [5.41, 5.74) is 0. The Balaban J connectivity index is 0.00000121. The molecule has 1 heterocycles. The van der Waals surface area contributed by atoms with Crippen LogP contribution in [0.5, 0.6) is 0 Å². The maximum atomic E-state index is 8.56. The van der Waals surface area contributed by atoms with Gasteiger partial charge in [0.2, 0.25) is 0 Å². The van der Waals surface area contributed by atoms with Gasteiger partial charge in [0.15, 0.2) is 0 Å². The highest BCUT2D eigenvalue weighted by atomic mass is 35.5. The average molecular weight is 195 g/mol. The molecule has 74 valence electrons. The maximum Gasteiger partial charge on any atom is 0.0431 e. The smallest absolute Gasteiger partial charge is 0.0431 e. The number of aliphatic hydroxyl groups excluding tert-OH is 1. The molecule has 0 atom stereocenters. The molecule has 0 amide bonds. The number of piperazine rings is 1. The average Bonchev–Trinajstić information content (AvgIpc) is 2.07. The molecule has 0 radical (unpaired) electrons. The van der Waals surface area contributed by atoms with E-state index in [2.05, 4.69) is 10.2 Å². The van der Waals surface area contributed by atoms with Crippen molar-refractivity contribution in [3.05, 3.63) is 0 Å². The maximum absolute atomic E-state index is 8.56. The van der Waals surface area contributed by atoms with Gasteiger partial charge in [0, 0.05) is 32.8 Å². The Morgan fingerprint density at radius 1 is 1.17 bits per heavy atom. The van der Waals surface area contributed by atoms with E-state index in [0.29, 0.717) is 6.61 Å². The second-order valence-electron chi connectivity index (χ2n) is 3.02. The molecule has 4 heteroatoms. The largest absolute Gasteiger partial charge is 0.396 e. The summed E-state index contributed by atoms with van der Waals surface area (Å²) in [5.74, 6) is 0. The molecule has 0 saturated carbocycles. The van der Waals surface area contributed by atoms with Crippen molar-refractivity contribution >= 4 is 12.4 Å². The summed E-state index contributed by atoms with van der Waals surface area (Å²) >= 11 is 0. The molecule has 0 spiro atoms. The van der Waals surface area contributed by atoms with Gasteiger partial charge in [-0.3, -0.25) is 0 Å². The minimum Gasteiger partial charge on any atom is -0.396 e. The van der Waals surface area contributed by atoms with Crippen molar-refractivity contribution in [2.24, 2.45) is 0 Å². The van der Waals surface area contributed by atoms with Crippen molar-refractivity contribution in [2.75, 3.05) is 39.3 Å². The molecule has 0 aliphatic carbocycles. The van der Waals surface area contributed by atoms with Gasteiger partial charge in [-0.1, -0.05) is 0 Å². The molecule has 0 aromatic carbocycles. The number of rotatable bonds is 4. The molecule has 0 aromatic heterocycles. The second kappa shape index (κ2) is 7.80. The summed E-state index contributed by atoms with van der Waals surface area (Å²) in [6, 6.07) is 0. The number of unbranched alkanes of at least 4 members (excludes halogenated alkanes) is 1. The van der Waals surface area contributed by atoms with E-state index in [1.165, 1.54) is 13.1 Å². The minimum absolute atomic E-state index is 0. The third-order valence-electron chi connectivity index (χ3n) is 2.09. The number of nitrogens with one attached hydrogen (secondary N) is 1. The lowest BCUT2D eigenvalue weighted by Gasteiger charge is -2.26. The van der Waals surface area contributed by atoms with Gasteiger partial charge in [0.25, 0.3) is 0 Å². The number of hydrogen-bond acceptors (Lipinski definition) is 3. The lowest BCUT2D eigenvalue weighted by molar-refractivity contribution is 0.221. The summed E-state index contributed by atoms with van der Waals surface area (Å²) < 4.78 is 0. The zero-order valence-electron chi connectivity index (χ0n) is 7.46. The van der Waals surface area contributed by atoms with Crippen LogP contribution in [0.1, 0.15) is 12.8 Å². The van der Waals surface area contributed by atoms with E-state index in [4.69, 9.17) is 5.11 Å². The van der Waals surface area contributed by atoms with Crippen molar-refractivity contribution in [1.82, 2.24) is 10.2 Å². The summed E-state index contributed by atoms with van der Waals surface area (Å²) in [4.78, 5) is 2.45. The molecule has 12 heavy (non-hydrogen) atoms. The second-order valence-corrected chi connectivity index (χ2v) is 3.02. The summed E-state index contributed by atoms with van der Waals surface area (Å²) in [6.45, 7) is 6.09. The van der Waals surface area contributed by atoms with E-state index >= 15 is 0 Å². The molecular formula is C8H19ClN2O. The molecule has 2 N–H and O–H groups in total. The van der Waals surface area contributed by atoms with Crippen molar-refractivity contribution < 1.29 is 5.11 Å². The van der Waals surface area contributed by atoms with Crippen LogP contribution in [-0.2, 0) is 0 Å². The quantitative estimate of drug-likeness (QED) is 0.623. The van der Waals surface area contributed by atoms with Crippen molar-refractivity contribution in [1.29, 1.82) is 0 Å². The Morgan fingerprint density at radius 2 is 1.83 bits per heavy atom. The van der Waals surface area contributed by atoms with Crippen LogP contribution in [0, 0.1) is 0 Å². The first-order chi connectivity index (χ1) is 5.43. The Hall–Kier alpha value is 0.170. The van der Waals surface area contributed by atoms with E-state index in [1.807, 2.05) is 0 Å². The fourth-order valence-corrected chi connectivity index (χ4v) is 1.38. The van der Waals surface area contributed by atoms with Gasteiger partial charge in [-0.25, -0.2) is 0 Å². The van der Waals surface area contributed by atoms with Crippen LogP contribution in [0.2, 0.25) is 0 Å². The summed E-state index contributed by atoms with van der Waals surface area (Å²) in [6.07, 6.45) is 2.08. The van der Waals surface area contributed by atoms with Gasteiger partial charge in [-0.2, -0.15) is 0 Å². The molecule has 3 nitrogen and oxygen atoms in total. The molecule has 1 saturated heterocycles.